The fourth-order valence-corrected chi connectivity index (χ4v) is 3.36. The standard InChI is InChI=1S/C18H26ClN3O4S/c1-3-22(11-12-26-27(23,24)25)10-4-5-14(2)21-17-8-9-20-18-13-15(19)6-7-16(17)18/h6-9,13-14H,3-5,10-12H2,1-2H3,(H,20,21)(H,23,24,25)/t14-/m1/s1. The molecular weight excluding hydrogens is 390 g/mol. The summed E-state index contributed by atoms with van der Waals surface area (Å²) in [6.45, 7) is 6.14. The van der Waals surface area contributed by atoms with E-state index in [-0.39, 0.29) is 12.6 Å². The van der Waals surface area contributed by atoms with E-state index < -0.39 is 10.4 Å². The van der Waals surface area contributed by atoms with Gasteiger partial charge in [-0.3, -0.25) is 9.54 Å². The maximum absolute atomic E-state index is 10.6. The number of halogens is 1. The molecule has 0 bridgehead atoms. The predicted molar refractivity (Wildman–Crippen MR) is 109 cm³/mol. The van der Waals surface area contributed by atoms with E-state index >= 15 is 0 Å². The van der Waals surface area contributed by atoms with Gasteiger partial charge in [0.1, 0.15) is 0 Å². The van der Waals surface area contributed by atoms with E-state index in [2.05, 4.69) is 26.3 Å². The van der Waals surface area contributed by atoms with Crippen molar-refractivity contribution >= 4 is 38.6 Å². The highest BCUT2D eigenvalue weighted by atomic mass is 35.5. The maximum Gasteiger partial charge on any atom is 0.397 e. The normalized spacial score (nSPS) is 13.2. The van der Waals surface area contributed by atoms with Crippen molar-refractivity contribution in [1.29, 1.82) is 0 Å². The number of likely N-dealkylation sites (N-methyl/N-ethyl adjacent to an activating group) is 1. The smallest absolute Gasteiger partial charge is 0.382 e. The highest BCUT2D eigenvalue weighted by Gasteiger charge is 2.10. The zero-order valence-electron chi connectivity index (χ0n) is 15.6. The molecule has 0 aliphatic rings. The van der Waals surface area contributed by atoms with Crippen LogP contribution in [-0.4, -0.2) is 55.1 Å². The van der Waals surface area contributed by atoms with Crippen LogP contribution < -0.4 is 5.32 Å². The van der Waals surface area contributed by atoms with E-state index in [1.807, 2.05) is 31.2 Å². The Morgan fingerprint density at radius 1 is 1.33 bits per heavy atom. The van der Waals surface area contributed by atoms with Crippen molar-refractivity contribution in [2.75, 3.05) is 31.6 Å². The van der Waals surface area contributed by atoms with Crippen molar-refractivity contribution in [2.24, 2.45) is 0 Å². The van der Waals surface area contributed by atoms with Crippen molar-refractivity contribution in [1.82, 2.24) is 9.88 Å². The molecule has 1 aromatic heterocycles. The van der Waals surface area contributed by atoms with E-state index in [9.17, 15) is 8.42 Å². The molecule has 0 saturated carbocycles. The lowest BCUT2D eigenvalue weighted by molar-refractivity contribution is 0.200. The summed E-state index contributed by atoms with van der Waals surface area (Å²) < 4.78 is 34.1. The van der Waals surface area contributed by atoms with Crippen LogP contribution in [0.4, 0.5) is 5.69 Å². The lowest BCUT2D eigenvalue weighted by Crippen LogP contribution is -2.30. The zero-order chi connectivity index (χ0) is 19.9. The summed E-state index contributed by atoms with van der Waals surface area (Å²) in [5, 5.41) is 5.22. The Morgan fingerprint density at radius 2 is 2.11 bits per heavy atom. The lowest BCUT2D eigenvalue weighted by atomic mass is 10.1. The number of hydrogen-bond donors (Lipinski definition) is 2. The van der Waals surface area contributed by atoms with Crippen molar-refractivity contribution in [2.45, 2.75) is 32.7 Å². The van der Waals surface area contributed by atoms with Gasteiger partial charge in [0.25, 0.3) is 0 Å². The SMILES string of the molecule is CCN(CCC[C@@H](C)Nc1ccnc2cc(Cl)ccc12)CCOS(=O)(=O)O. The van der Waals surface area contributed by atoms with Gasteiger partial charge in [-0.15, -0.1) is 0 Å². The van der Waals surface area contributed by atoms with Crippen LogP contribution in [0.25, 0.3) is 10.9 Å². The fraction of sp³-hybridized carbons (Fsp3) is 0.500. The Morgan fingerprint density at radius 3 is 2.81 bits per heavy atom. The van der Waals surface area contributed by atoms with Crippen LogP contribution in [0.2, 0.25) is 5.02 Å². The van der Waals surface area contributed by atoms with Crippen LogP contribution >= 0.6 is 11.6 Å². The zero-order valence-corrected chi connectivity index (χ0v) is 17.1. The van der Waals surface area contributed by atoms with E-state index in [0.717, 1.165) is 42.5 Å². The van der Waals surface area contributed by atoms with Gasteiger partial charge in [-0.1, -0.05) is 18.5 Å². The molecule has 27 heavy (non-hydrogen) atoms. The third-order valence-corrected chi connectivity index (χ3v) is 5.00. The quantitative estimate of drug-likeness (QED) is 0.541. The molecule has 0 saturated heterocycles. The largest absolute Gasteiger partial charge is 0.397 e. The summed E-state index contributed by atoms with van der Waals surface area (Å²) >= 11 is 6.03. The first-order valence-corrected chi connectivity index (χ1v) is 10.7. The summed E-state index contributed by atoms with van der Waals surface area (Å²) in [5.41, 5.74) is 1.88. The molecule has 1 atom stereocenters. The summed E-state index contributed by atoms with van der Waals surface area (Å²) in [6, 6.07) is 7.89. The molecule has 1 aromatic carbocycles. The van der Waals surface area contributed by atoms with Gasteiger partial charge < -0.3 is 10.2 Å². The molecule has 2 rings (SSSR count). The molecule has 2 N–H and O–H groups in total. The van der Waals surface area contributed by atoms with Crippen LogP contribution in [0.15, 0.2) is 30.5 Å². The lowest BCUT2D eigenvalue weighted by Gasteiger charge is -2.22. The summed E-state index contributed by atoms with van der Waals surface area (Å²) in [7, 11) is -4.37. The van der Waals surface area contributed by atoms with Gasteiger partial charge in [0, 0.05) is 34.9 Å². The average Bonchev–Trinajstić information content (AvgIpc) is 2.59. The molecule has 1 heterocycles. The van der Waals surface area contributed by atoms with E-state index in [4.69, 9.17) is 16.2 Å². The number of nitrogens with zero attached hydrogens (tertiary/aromatic N) is 2. The summed E-state index contributed by atoms with van der Waals surface area (Å²) in [4.78, 5) is 6.43. The number of nitrogens with one attached hydrogen (secondary N) is 1. The molecule has 150 valence electrons. The summed E-state index contributed by atoms with van der Waals surface area (Å²) in [5.74, 6) is 0. The molecule has 0 aliphatic heterocycles. The second-order valence-corrected chi connectivity index (χ2v) is 7.92. The van der Waals surface area contributed by atoms with Crippen molar-refractivity contribution < 1.29 is 17.2 Å². The first-order valence-electron chi connectivity index (χ1n) is 8.93. The monoisotopic (exact) mass is 415 g/mol. The van der Waals surface area contributed by atoms with Crippen LogP contribution in [-0.2, 0) is 14.6 Å². The second kappa shape index (κ2) is 10.2. The van der Waals surface area contributed by atoms with Crippen LogP contribution in [0, 0.1) is 0 Å². The topological polar surface area (TPSA) is 91.8 Å². The Balaban J connectivity index is 1.81. The molecule has 0 aliphatic carbocycles. The number of anilines is 1. The molecular formula is C18H26ClN3O4S. The number of pyridine rings is 1. The number of hydrogen-bond acceptors (Lipinski definition) is 6. The van der Waals surface area contributed by atoms with Crippen molar-refractivity contribution in [3.05, 3.63) is 35.5 Å². The number of fused-ring (bicyclic) bond motifs is 1. The van der Waals surface area contributed by atoms with E-state index in [1.165, 1.54) is 0 Å². The van der Waals surface area contributed by atoms with Gasteiger partial charge in [-0.2, -0.15) is 8.42 Å². The first kappa shape index (κ1) is 21.8. The highest BCUT2D eigenvalue weighted by molar-refractivity contribution is 7.80. The second-order valence-electron chi connectivity index (χ2n) is 6.39. The van der Waals surface area contributed by atoms with Crippen LogP contribution in [0.1, 0.15) is 26.7 Å². The van der Waals surface area contributed by atoms with Crippen LogP contribution in [0.3, 0.4) is 0 Å². The van der Waals surface area contributed by atoms with Crippen LogP contribution in [0.5, 0.6) is 0 Å². The molecule has 7 nitrogen and oxygen atoms in total. The average molecular weight is 416 g/mol. The maximum atomic E-state index is 10.6. The minimum Gasteiger partial charge on any atom is -0.382 e. The molecule has 0 spiro atoms. The van der Waals surface area contributed by atoms with Gasteiger partial charge in [-0.25, -0.2) is 4.18 Å². The molecule has 0 fully saturated rings. The van der Waals surface area contributed by atoms with Crippen molar-refractivity contribution in [3.63, 3.8) is 0 Å². The molecule has 0 unspecified atom stereocenters. The van der Waals surface area contributed by atoms with Gasteiger partial charge in [0.15, 0.2) is 0 Å². The molecule has 0 radical (unpaired) electrons. The Kier molecular flexibility index (Phi) is 8.25. The van der Waals surface area contributed by atoms with Gasteiger partial charge >= 0.3 is 10.4 Å². The predicted octanol–water partition coefficient (Wildman–Crippen LogP) is 3.61. The minimum atomic E-state index is -4.37. The molecule has 2 aromatic rings. The van der Waals surface area contributed by atoms with E-state index in [1.54, 1.807) is 6.20 Å². The first-order chi connectivity index (χ1) is 12.8. The Labute approximate surface area is 165 Å². The summed E-state index contributed by atoms with van der Waals surface area (Å²) in [6.07, 6.45) is 3.66. The molecule has 9 heteroatoms. The minimum absolute atomic E-state index is 0.0496. The Hall–Kier alpha value is -1.45. The van der Waals surface area contributed by atoms with E-state index in [0.29, 0.717) is 11.6 Å². The number of aromatic nitrogens is 1. The Bertz CT molecular complexity index is 848. The van der Waals surface area contributed by atoms with Gasteiger partial charge in [0.05, 0.1) is 12.1 Å². The molecule has 0 amide bonds. The highest BCUT2D eigenvalue weighted by Crippen LogP contribution is 2.25. The van der Waals surface area contributed by atoms with Gasteiger partial charge in [0.2, 0.25) is 0 Å². The van der Waals surface area contributed by atoms with Crippen molar-refractivity contribution in [3.8, 4) is 0 Å². The number of benzene rings is 1. The third kappa shape index (κ3) is 7.59. The third-order valence-electron chi connectivity index (χ3n) is 4.31. The van der Waals surface area contributed by atoms with Gasteiger partial charge in [-0.05, 0) is 57.1 Å². The fourth-order valence-electron chi connectivity index (χ4n) is 2.91. The number of rotatable bonds is 11.